The molecule has 1 amide bonds. The second-order valence-electron chi connectivity index (χ2n) is 26.0. The Morgan fingerprint density at radius 3 is 1.10 bits per heavy atom. The second-order valence-corrected chi connectivity index (χ2v) is 26.0. The van der Waals surface area contributed by atoms with Crippen LogP contribution in [-0.4, -0.2) is 110 Å². The van der Waals surface area contributed by atoms with Crippen molar-refractivity contribution in [1.82, 2.24) is 5.32 Å². The van der Waals surface area contributed by atoms with Crippen LogP contribution in [0.1, 0.15) is 354 Å². The number of aliphatic hydroxyl groups excluding tert-OH is 7. The van der Waals surface area contributed by atoms with Crippen LogP contribution in [0.3, 0.4) is 0 Å². The van der Waals surface area contributed by atoms with Gasteiger partial charge >= 0.3 is 0 Å². The van der Waals surface area contributed by atoms with Gasteiger partial charge in [-0.15, -0.1) is 0 Å². The van der Waals surface area contributed by atoms with E-state index >= 15 is 0 Å². The van der Waals surface area contributed by atoms with E-state index in [2.05, 4.69) is 67.8 Å². The molecule has 86 heavy (non-hydrogen) atoms. The van der Waals surface area contributed by atoms with Crippen molar-refractivity contribution >= 4 is 5.91 Å². The Labute approximate surface area is 529 Å². The normalized spacial score (nSPS) is 19.0. The third-order valence-corrected chi connectivity index (χ3v) is 17.8. The van der Waals surface area contributed by atoms with Gasteiger partial charge in [-0.2, -0.15) is 0 Å². The summed E-state index contributed by atoms with van der Waals surface area (Å²) in [7, 11) is 0. The van der Waals surface area contributed by atoms with Crippen molar-refractivity contribution in [2.24, 2.45) is 0 Å². The molecule has 1 aliphatic rings. The van der Waals surface area contributed by atoms with Crippen LogP contribution in [0.25, 0.3) is 0 Å². The fourth-order valence-corrected chi connectivity index (χ4v) is 11.9. The number of ether oxygens (including phenoxy) is 2. The first-order valence-electron chi connectivity index (χ1n) is 37.0. The molecule has 8 N–H and O–H groups in total. The van der Waals surface area contributed by atoms with E-state index in [1.165, 1.54) is 263 Å². The molecular weight excluding hydrogens is 1070 g/mol. The molecule has 11 heteroatoms. The van der Waals surface area contributed by atoms with Gasteiger partial charge in [0.25, 0.3) is 0 Å². The maximum Gasteiger partial charge on any atom is 0.249 e. The summed E-state index contributed by atoms with van der Waals surface area (Å²) in [5.41, 5.74) is 0. The molecule has 11 nitrogen and oxygen atoms in total. The summed E-state index contributed by atoms with van der Waals surface area (Å²) >= 11 is 0. The van der Waals surface area contributed by atoms with Crippen molar-refractivity contribution < 1.29 is 50.0 Å². The van der Waals surface area contributed by atoms with Crippen LogP contribution in [0, 0.1) is 0 Å². The predicted octanol–water partition coefficient (Wildman–Crippen LogP) is 18.3. The molecule has 0 saturated carbocycles. The van der Waals surface area contributed by atoms with Crippen LogP contribution in [0.2, 0.25) is 0 Å². The van der Waals surface area contributed by atoms with Gasteiger partial charge in [-0.25, -0.2) is 0 Å². The van der Waals surface area contributed by atoms with Crippen molar-refractivity contribution in [3.63, 3.8) is 0 Å². The minimum absolute atomic E-state index is 0.247. The monoisotopic (exact) mass is 1220 g/mol. The fourth-order valence-electron chi connectivity index (χ4n) is 11.9. The third kappa shape index (κ3) is 49.8. The number of hydrogen-bond acceptors (Lipinski definition) is 10. The van der Waals surface area contributed by atoms with Crippen molar-refractivity contribution in [2.75, 3.05) is 13.2 Å². The van der Waals surface area contributed by atoms with Gasteiger partial charge in [-0.05, 0) is 83.5 Å². The molecule has 1 fully saturated rings. The molecule has 9 unspecified atom stereocenters. The number of carbonyl (C=O) groups excluding carboxylic acids is 1. The lowest BCUT2D eigenvalue weighted by molar-refractivity contribution is -0.303. The molecule has 506 valence electrons. The van der Waals surface area contributed by atoms with Crippen molar-refractivity contribution in [2.45, 2.75) is 409 Å². The summed E-state index contributed by atoms with van der Waals surface area (Å²) in [5, 5.41) is 76.5. The van der Waals surface area contributed by atoms with E-state index < -0.39 is 74.2 Å². The van der Waals surface area contributed by atoms with E-state index in [1.54, 1.807) is 0 Å². The number of carbonyl (C=O) groups is 1. The van der Waals surface area contributed by atoms with Crippen molar-refractivity contribution in [3.8, 4) is 0 Å². The summed E-state index contributed by atoms with van der Waals surface area (Å²) in [6.45, 7) is 3.49. The highest BCUT2D eigenvalue weighted by atomic mass is 16.7. The molecule has 0 aromatic rings. The zero-order chi connectivity index (χ0) is 62.4. The molecule has 1 saturated heterocycles. The quantitative estimate of drug-likeness (QED) is 0.0215. The van der Waals surface area contributed by atoms with Gasteiger partial charge in [0.15, 0.2) is 6.29 Å². The highest BCUT2D eigenvalue weighted by molar-refractivity contribution is 5.80. The average Bonchev–Trinajstić information content (AvgIpc) is 3.28. The minimum Gasteiger partial charge on any atom is -0.394 e. The van der Waals surface area contributed by atoms with Gasteiger partial charge in [0, 0.05) is 0 Å². The number of nitrogens with one attached hydrogen (secondary N) is 1. The van der Waals surface area contributed by atoms with E-state index in [9.17, 15) is 40.5 Å². The zero-order valence-electron chi connectivity index (χ0n) is 56.1. The number of unbranched alkanes of at least 4 members (excludes halogenated alkanes) is 45. The summed E-state index contributed by atoms with van der Waals surface area (Å²) in [6, 6.07) is -1.19. The van der Waals surface area contributed by atoms with Crippen LogP contribution in [0.4, 0.5) is 0 Å². The lowest BCUT2D eigenvalue weighted by Crippen LogP contribution is -2.60. The molecule has 0 radical (unpaired) electrons. The van der Waals surface area contributed by atoms with Crippen LogP contribution in [0.15, 0.2) is 48.6 Å². The van der Waals surface area contributed by atoms with Crippen LogP contribution in [0.5, 0.6) is 0 Å². The van der Waals surface area contributed by atoms with Gasteiger partial charge in [0.05, 0.1) is 25.4 Å². The van der Waals surface area contributed by atoms with Crippen LogP contribution >= 0.6 is 0 Å². The van der Waals surface area contributed by atoms with Crippen molar-refractivity contribution in [3.05, 3.63) is 48.6 Å². The number of amides is 1. The average molecular weight is 1220 g/mol. The molecule has 1 rings (SSSR count). The van der Waals surface area contributed by atoms with Crippen molar-refractivity contribution in [1.29, 1.82) is 0 Å². The summed E-state index contributed by atoms with van der Waals surface area (Å²) < 4.78 is 11.2. The SMILES string of the molecule is CCCCCCCCCCCCC/C=C\C/C=C\CCCCCCCCCCCCCCCCCCC(O)C(=O)NC(COC1OC(CO)C(O)C(O)C1O)C(O)C(O)CCC/C=C/CC/C=C/CCCCCCCCCCCCCCCCCC. The molecule has 0 aromatic heterocycles. The van der Waals surface area contributed by atoms with Gasteiger partial charge < -0.3 is 50.5 Å². The topological polar surface area (TPSA) is 189 Å². The Kier molecular flexibility index (Phi) is 60.3. The molecule has 0 aliphatic carbocycles. The predicted molar refractivity (Wildman–Crippen MR) is 362 cm³/mol. The van der Waals surface area contributed by atoms with E-state index in [4.69, 9.17) is 9.47 Å². The molecule has 1 heterocycles. The molecule has 9 atom stereocenters. The first-order valence-corrected chi connectivity index (χ1v) is 37.0. The zero-order valence-corrected chi connectivity index (χ0v) is 56.1. The largest absolute Gasteiger partial charge is 0.394 e. The minimum atomic E-state index is -1.67. The molecule has 1 aliphatic heterocycles. The maximum atomic E-state index is 13.3. The number of allylic oxidation sites excluding steroid dienone is 8. The van der Waals surface area contributed by atoms with E-state index in [0.29, 0.717) is 19.3 Å². The molecule has 0 aromatic carbocycles. The van der Waals surface area contributed by atoms with Gasteiger partial charge in [-0.1, -0.05) is 319 Å². The second kappa shape index (κ2) is 63.2. The molecule has 0 spiro atoms. The van der Waals surface area contributed by atoms with Gasteiger partial charge in [0.2, 0.25) is 5.91 Å². The van der Waals surface area contributed by atoms with E-state index in [1.807, 2.05) is 0 Å². The molecular formula is C75H141NO10. The lowest BCUT2D eigenvalue weighted by atomic mass is 9.98. The van der Waals surface area contributed by atoms with Gasteiger partial charge in [0.1, 0.15) is 36.6 Å². The van der Waals surface area contributed by atoms with E-state index in [-0.39, 0.29) is 12.8 Å². The number of hydrogen-bond donors (Lipinski definition) is 8. The highest BCUT2D eigenvalue weighted by Crippen LogP contribution is 2.24. The standard InChI is InChI=1S/C75H141NO10/c1-3-5-7-9-11-13-15-17-19-21-23-25-27-29-30-31-32-33-34-35-36-37-39-41-43-45-47-49-51-53-55-57-59-61-63-68(79)74(84)76-66(65-85-75-73(83)72(82)71(81)69(64-77)86-75)70(80)67(78)62-60-58-56-54-52-50-48-46-44-42-40-38-28-26-24-22-20-18-16-14-12-10-8-6-4-2/h27,29,31-32,46,48,54,56,66-73,75,77-83H,3-26,28,30,33-45,47,49-53,55,57-65H2,1-2H3,(H,76,84)/b29-27-,32-31-,48-46+,56-54+. The first kappa shape index (κ1) is 82.1. The Morgan fingerprint density at radius 1 is 0.407 bits per heavy atom. The maximum absolute atomic E-state index is 13.3. The first-order chi connectivity index (χ1) is 42.2. The molecule has 0 bridgehead atoms. The Bertz CT molecular complexity index is 1540. The number of rotatable bonds is 65. The Morgan fingerprint density at radius 2 is 0.733 bits per heavy atom. The fraction of sp³-hybridized carbons (Fsp3) is 0.880. The Hall–Kier alpha value is -1.93. The van der Waals surface area contributed by atoms with Crippen LogP contribution in [-0.2, 0) is 14.3 Å². The van der Waals surface area contributed by atoms with E-state index in [0.717, 1.165) is 44.9 Å². The summed E-state index contributed by atoms with van der Waals surface area (Å²) in [6.07, 6.45) is 72.1. The highest BCUT2D eigenvalue weighted by Gasteiger charge is 2.44. The van der Waals surface area contributed by atoms with Crippen LogP contribution < -0.4 is 5.32 Å². The third-order valence-electron chi connectivity index (χ3n) is 17.8. The van der Waals surface area contributed by atoms with Gasteiger partial charge in [-0.3, -0.25) is 4.79 Å². The number of aliphatic hydroxyl groups is 7. The summed E-state index contributed by atoms with van der Waals surface area (Å²) in [4.78, 5) is 13.3. The Balaban J connectivity index is 2.19. The lowest BCUT2D eigenvalue weighted by Gasteiger charge is -2.40. The summed E-state index contributed by atoms with van der Waals surface area (Å²) in [5.74, 6) is -0.706. The smallest absolute Gasteiger partial charge is 0.249 e.